The Morgan fingerprint density at radius 1 is 1.00 bits per heavy atom. The minimum atomic E-state index is -4.46. The van der Waals surface area contributed by atoms with Crippen molar-refractivity contribution in [3.63, 3.8) is 0 Å². The first-order valence-corrected chi connectivity index (χ1v) is 10.4. The van der Waals surface area contributed by atoms with E-state index in [1.54, 1.807) is 4.90 Å². The molecule has 0 atom stereocenters. The van der Waals surface area contributed by atoms with Crippen molar-refractivity contribution >= 4 is 28.5 Å². The number of fused-ring (bicyclic) bond motifs is 1. The first kappa shape index (κ1) is 20.9. The number of imidazole rings is 1. The van der Waals surface area contributed by atoms with Gasteiger partial charge in [-0.25, -0.2) is 9.97 Å². The molecule has 9 heteroatoms. The largest absolute Gasteiger partial charge is 0.419 e. The monoisotopic (exact) mass is 437 g/mol. The third-order valence-electron chi connectivity index (χ3n) is 5.36. The van der Waals surface area contributed by atoms with E-state index >= 15 is 0 Å². The summed E-state index contributed by atoms with van der Waals surface area (Å²) in [5.74, 6) is 0.899. The summed E-state index contributed by atoms with van der Waals surface area (Å²) in [5.41, 5.74) is 1.34. The number of para-hydroxylation sites is 2. The second kappa shape index (κ2) is 8.43. The number of piperazine rings is 1. The van der Waals surface area contributed by atoms with Gasteiger partial charge < -0.3 is 9.47 Å². The van der Waals surface area contributed by atoms with Gasteiger partial charge in [0.2, 0.25) is 0 Å². The van der Waals surface area contributed by atoms with Gasteiger partial charge in [0.1, 0.15) is 16.8 Å². The van der Waals surface area contributed by atoms with Gasteiger partial charge in [-0.3, -0.25) is 4.90 Å². The van der Waals surface area contributed by atoms with E-state index in [1.165, 1.54) is 6.07 Å². The Labute approximate surface area is 178 Å². The highest BCUT2D eigenvalue weighted by Crippen LogP contribution is 2.36. The Hall–Kier alpha value is -2.32. The highest BCUT2D eigenvalue weighted by molar-refractivity contribution is 6.29. The molecule has 3 aromatic rings. The Morgan fingerprint density at radius 2 is 1.73 bits per heavy atom. The van der Waals surface area contributed by atoms with Crippen molar-refractivity contribution in [1.82, 2.24) is 19.4 Å². The van der Waals surface area contributed by atoms with Crippen LogP contribution in [0.2, 0.25) is 5.15 Å². The second-order valence-corrected chi connectivity index (χ2v) is 7.82. The molecular formula is C21H23ClF3N5. The van der Waals surface area contributed by atoms with Gasteiger partial charge in [-0.05, 0) is 30.7 Å². The molecule has 0 spiro atoms. The zero-order valence-corrected chi connectivity index (χ0v) is 17.4. The van der Waals surface area contributed by atoms with E-state index in [0.29, 0.717) is 32.7 Å². The number of anilines is 1. The van der Waals surface area contributed by atoms with E-state index in [4.69, 9.17) is 16.6 Å². The van der Waals surface area contributed by atoms with Crippen LogP contribution in [0.5, 0.6) is 0 Å². The molecule has 0 saturated carbocycles. The van der Waals surface area contributed by atoms with Gasteiger partial charge in [0.05, 0.1) is 23.1 Å². The maximum absolute atomic E-state index is 13.4. The molecule has 1 aromatic carbocycles. The van der Waals surface area contributed by atoms with Crippen LogP contribution in [0.1, 0.15) is 24.7 Å². The first-order chi connectivity index (χ1) is 14.4. The topological polar surface area (TPSA) is 37.2 Å². The quantitative estimate of drug-likeness (QED) is 0.535. The summed E-state index contributed by atoms with van der Waals surface area (Å²) in [6, 6.07) is 10.3. The average Bonchev–Trinajstić information content (AvgIpc) is 3.05. The Kier molecular flexibility index (Phi) is 5.88. The lowest BCUT2D eigenvalue weighted by Crippen LogP contribution is -2.47. The number of benzene rings is 1. The standard InChI is InChI=1S/C21H23ClF3N5/c1-2-9-30-17-6-4-3-5-16(17)26-19(30)14-28-10-12-29(13-11-28)20-15(21(23,24)25)7-8-18(22)27-20/h3-8H,2,9-14H2,1H3. The molecule has 0 amide bonds. The van der Waals surface area contributed by atoms with E-state index in [2.05, 4.69) is 27.4 Å². The van der Waals surface area contributed by atoms with E-state index in [0.717, 1.165) is 35.9 Å². The summed E-state index contributed by atoms with van der Waals surface area (Å²) in [4.78, 5) is 12.7. The van der Waals surface area contributed by atoms with E-state index < -0.39 is 11.7 Å². The smallest absolute Gasteiger partial charge is 0.353 e. The summed E-state index contributed by atoms with van der Waals surface area (Å²) < 4.78 is 42.4. The van der Waals surface area contributed by atoms with Gasteiger partial charge in [0.15, 0.2) is 0 Å². The molecule has 160 valence electrons. The molecular weight excluding hydrogens is 415 g/mol. The predicted molar refractivity (Wildman–Crippen MR) is 112 cm³/mol. The Morgan fingerprint density at radius 3 is 2.43 bits per heavy atom. The lowest BCUT2D eigenvalue weighted by molar-refractivity contribution is -0.137. The van der Waals surface area contributed by atoms with Crippen LogP contribution in [-0.4, -0.2) is 45.6 Å². The number of alkyl halides is 3. The maximum Gasteiger partial charge on any atom is 0.419 e. The molecule has 1 fully saturated rings. The van der Waals surface area contributed by atoms with Gasteiger partial charge >= 0.3 is 6.18 Å². The fourth-order valence-electron chi connectivity index (χ4n) is 3.92. The number of aryl methyl sites for hydroxylation is 1. The molecule has 0 radical (unpaired) electrons. The number of hydrogen-bond acceptors (Lipinski definition) is 4. The molecule has 4 rings (SSSR count). The molecule has 2 aromatic heterocycles. The van der Waals surface area contributed by atoms with Crippen LogP contribution in [0.4, 0.5) is 19.0 Å². The summed E-state index contributed by atoms with van der Waals surface area (Å²) in [6.07, 6.45) is -3.46. The molecule has 0 unspecified atom stereocenters. The van der Waals surface area contributed by atoms with E-state index in [1.807, 2.05) is 18.2 Å². The van der Waals surface area contributed by atoms with Crippen molar-refractivity contribution in [3.05, 3.63) is 52.9 Å². The molecule has 30 heavy (non-hydrogen) atoms. The van der Waals surface area contributed by atoms with Crippen LogP contribution < -0.4 is 4.90 Å². The molecule has 5 nitrogen and oxygen atoms in total. The molecule has 0 aliphatic carbocycles. The number of pyridine rings is 1. The van der Waals surface area contributed by atoms with Crippen molar-refractivity contribution in [2.45, 2.75) is 32.6 Å². The second-order valence-electron chi connectivity index (χ2n) is 7.43. The number of nitrogens with zero attached hydrogens (tertiary/aromatic N) is 5. The fraction of sp³-hybridized carbons (Fsp3) is 0.429. The average molecular weight is 438 g/mol. The third kappa shape index (κ3) is 4.25. The molecule has 1 saturated heterocycles. The van der Waals surface area contributed by atoms with Gasteiger partial charge in [-0.15, -0.1) is 0 Å². The highest BCUT2D eigenvalue weighted by atomic mass is 35.5. The SMILES string of the molecule is CCCn1c(CN2CCN(c3nc(Cl)ccc3C(F)(F)F)CC2)nc2ccccc21. The van der Waals surface area contributed by atoms with Gasteiger partial charge in [-0.2, -0.15) is 13.2 Å². The predicted octanol–water partition coefficient (Wildman–Crippen LogP) is 4.84. The zero-order chi connectivity index (χ0) is 21.3. The normalized spacial score (nSPS) is 15.8. The molecule has 1 aliphatic rings. The van der Waals surface area contributed by atoms with Crippen LogP contribution in [0.3, 0.4) is 0 Å². The highest BCUT2D eigenvalue weighted by Gasteiger charge is 2.36. The van der Waals surface area contributed by atoms with Crippen LogP contribution in [-0.2, 0) is 19.3 Å². The van der Waals surface area contributed by atoms with Crippen LogP contribution in [0.15, 0.2) is 36.4 Å². The lowest BCUT2D eigenvalue weighted by atomic mass is 10.2. The molecule has 3 heterocycles. The molecule has 0 bridgehead atoms. The first-order valence-electron chi connectivity index (χ1n) is 10.0. The van der Waals surface area contributed by atoms with Crippen molar-refractivity contribution in [1.29, 1.82) is 0 Å². The summed E-state index contributed by atoms with van der Waals surface area (Å²) in [7, 11) is 0. The third-order valence-corrected chi connectivity index (χ3v) is 5.57. The maximum atomic E-state index is 13.4. The van der Waals surface area contributed by atoms with Crippen LogP contribution in [0.25, 0.3) is 11.0 Å². The van der Waals surface area contributed by atoms with Gasteiger partial charge in [0.25, 0.3) is 0 Å². The number of aromatic nitrogens is 3. The zero-order valence-electron chi connectivity index (χ0n) is 16.7. The minimum Gasteiger partial charge on any atom is -0.353 e. The minimum absolute atomic E-state index is 0.0636. The number of halogens is 4. The van der Waals surface area contributed by atoms with E-state index in [9.17, 15) is 13.2 Å². The lowest BCUT2D eigenvalue weighted by Gasteiger charge is -2.36. The van der Waals surface area contributed by atoms with Crippen molar-refractivity contribution < 1.29 is 13.2 Å². The Bertz CT molecular complexity index is 1030. The fourth-order valence-corrected chi connectivity index (χ4v) is 4.07. The van der Waals surface area contributed by atoms with Crippen molar-refractivity contribution in [2.24, 2.45) is 0 Å². The van der Waals surface area contributed by atoms with E-state index in [-0.39, 0.29) is 11.0 Å². The number of rotatable bonds is 5. The molecule has 0 N–H and O–H groups in total. The summed E-state index contributed by atoms with van der Waals surface area (Å²) in [5, 5.41) is 0.0636. The van der Waals surface area contributed by atoms with Gasteiger partial charge in [0, 0.05) is 32.7 Å². The van der Waals surface area contributed by atoms with Crippen molar-refractivity contribution in [3.8, 4) is 0 Å². The summed E-state index contributed by atoms with van der Waals surface area (Å²) >= 11 is 5.88. The van der Waals surface area contributed by atoms with Crippen LogP contribution in [0, 0.1) is 0 Å². The number of hydrogen-bond donors (Lipinski definition) is 0. The summed E-state index contributed by atoms with van der Waals surface area (Å²) in [6.45, 7) is 5.83. The van der Waals surface area contributed by atoms with Gasteiger partial charge in [-0.1, -0.05) is 30.7 Å². The van der Waals surface area contributed by atoms with Crippen molar-refractivity contribution in [2.75, 3.05) is 31.1 Å². The van der Waals surface area contributed by atoms with Crippen LogP contribution >= 0.6 is 11.6 Å². The molecule has 1 aliphatic heterocycles. The Balaban J connectivity index is 1.50.